The third-order valence-corrected chi connectivity index (χ3v) is 2.20. The molecule has 0 atom stereocenters. The minimum absolute atomic E-state index is 0.145. The summed E-state index contributed by atoms with van der Waals surface area (Å²) < 4.78 is 42.0. The van der Waals surface area contributed by atoms with Gasteiger partial charge in [0.05, 0.1) is 0 Å². The van der Waals surface area contributed by atoms with E-state index < -0.39 is 12.7 Å². The van der Waals surface area contributed by atoms with Crippen LogP contribution in [0.2, 0.25) is 0 Å². The Morgan fingerprint density at radius 1 is 1.37 bits per heavy atom. The van der Waals surface area contributed by atoms with Crippen LogP contribution >= 0.6 is 0 Å². The molecule has 0 amide bonds. The van der Waals surface area contributed by atoms with Crippen LogP contribution in [0, 0.1) is 0 Å². The molecule has 0 bridgehead atoms. The normalized spacial score (nSPS) is 11.5. The van der Waals surface area contributed by atoms with Gasteiger partial charge >= 0.3 is 6.18 Å². The Morgan fingerprint density at radius 2 is 2.05 bits per heavy atom. The number of aromatic nitrogens is 2. The van der Waals surface area contributed by atoms with E-state index in [0.717, 1.165) is 4.90 Å². The van der Waals surface area contributed by atoms with Gasteiger partial charge in [-0.15, -0.1) is 0 Å². The Morgan fingerprint density at radius 3 is 2.58 bits per heavy atom. The van der Waals surface area contributed by atoms with Gasteiger partial charge in [0.2, 0.25) is 0 Å². The highest BCUT2D eigenvalue weighted by Gasteiger charge is 2.30. The Kier molecular flexibility index (Phi) is 5.34. The average molecular weight is 278 g/mol. The average Bonchev–Trinajstić information content (AvgIpc) is 2.27. The van der Waals surface area contributed by atoms with Crippen LogP contribution in [0.4, 0.5) is 24.8 Å². The largest absolute Gasteiger partial charge is 0.405 e. The monoisotopic (exact) mass is 278 g/mol. The van der Waals surface area contributed by atoms with E-state index in [0.29, 0.717) is 18.2 Å². The van der Waals surface area contributed by atoms with Crippen LogP contribution in [0.1, 0.15) is 12.7 Å². The Labute approximate surface area is 109 Å². The summed E-state index contributed by atoms with van der Waals surface area (Å²) in [7, 11) is 2.81. The number of hydrogen-bond acceptors (Lipinski definition) is 5. The molecule has 5 nitrogen and oxygen atoms in total. The molecular weight excluding hydrogens is 261 g/mol. The Hall–Kier alpha value is -1.57. The zero-order valence-electron chi connectivity index (χ0n) is 11.1. The van der Waals surface area contributed by atoms with Crippen molar-refractivity contribution in [1.82, 2.24) is 9.97 Å². The van der Waals surface area contributed by atoms with Crippen LogP contribution < -0.4 is 10.2 Å². The fourth-order valence-electron chi connectivity index (χ4n) is 1.49. The van der Waals surface area contributed by atoms with Gasteiger partial charge in [0.1, 0.15) is 24.8 Å². The van der Waals surface area contributed by atoms with Gasteiger partial charge in [-0.1, -0.05) is 0 Å². The predicted octanol–water partition coefficient (Wildman–Crippen LogP) is 2.05. The molecule has 0 saturated carbocycles. The van der Waals surface area contributed by atoms with Crippen molar-refractivity contribution in [3.05, 3.63) is 11.9 Å². The molecule has 0 aliphatic rings. The highest BCUT2D eigenvalue weighted by atomic mass is 19.4. The lowest BCUT2D eigenvalue weighted by Gasteiger charge is -2.21. The standard InChI is InChI=1S/C11H17F3N4O/c1-4-15-8-5-10(17-9(16-8)6-19-3)18(2)7-11(12,13)14/h5H,4,6-7H2,1-3H3,(H,15,16,17). The molecular formula is C11H17F3N4O. The van der Waals surface area contributed by atoms with Gasteiger partial charge in [-0.25, -0.2) is 9.97 Å². The zero-order valence-corrected chi connectivity index (χ0v) is 11.1. The molecule has 0 aliphatic heterocycles. The number of rotatable bonds is 6. The van der Waals surface area contributed by atoms with Gasteiger partial charge in [0.15, 0.2) is 5.82 Å². The molecule has 0 fully saturated rings. The third-order valence-electron chi connectivity index (χ3n) is 2.20. The second-order valence-corrected chi connectivity index (χ2v) is 3.96. The number of ether oxygens (including phenoxy) is 1. The van der Waals surface area contributed by atoms with Crippen LogP contribution in [0.3, 0.4) is 0 Å². The van der Waals surface area contributed by atoms with Gasteiger partial charge < -0.3 is 15.0 Å². The van der Waals surface area contributed by atoms with E-state index >= 15 is 0 Å². The Balaban J connectivity index is 2.97. The molecule has 1 aromatic rings. The molecule has 8 heteroatoms. The van der Waals surface area contributed by atoms with Crippen molar-refractivity contribution < 1.29 is 17.9 Å². The van der Waals surface area contributed by atoms with Crippen molar-refractivity contribution in [3.8, 4) is 0 Å². The van der Waals surface area contributed by atoms with E-state index in [9.17, 15) is 13.2 Å². The topological polar surface area (TPSA) is 50.3 Å². The van der Waals surface area contributed by atoms with Crippen molar-refractivity contribution >= 4 is 11.6 Å². The first-order valence-corrected chi connectivity index (χ1v) is 5.74. The maximum atomic E-state index is 12.4. The molecule has 0 aliphatic carbocycles. The number of halogens is 3. The first kappa shape index (κ1) is 15.5. The number of methoxy groups -OCH3 is 1. The zero-order chi connectivity index (χ0) is 14.5. The van der Waals surface area contributed by atoms with Crippen molar-refractivity contribution in [2.75, 3.05) is 37.5 Å². The molecule has 0 unspecified atom stereocenters. The van der Waals surface area contributed by atoms with Gasteiger partial charge in [0, 0.05) is 26.8 Å². The summed E-state index contributed by atoms with van der Waals surface area (Å²) in [6.07, 6.45) is -4.28. The first-order valence-electron chi connectivity index (χ1n) is 5.74. The molecule has 1 heterocycles. The minimum Gasteiger partial charge on any atom is -0.377 e. The molecule has 108 valence electrons. The van der Waals surface area contributed by atoms with E-state index in [1.54, 1.807) is 0 Å². The Bertz CT molecular complexity index is 387. The second-order valence-electron chi connectivity index (χ2n) is 3.96. The van der Waals surface area contributed by atoms with Crippen LogP contribution in [0.5, 0.6) is 0 Å². The number of anilines is 2. The fraction of sp³-hybridized carbons (Fsp3) is 0.636. The smallest absolute Gasteiger partial charge is 0.377 e. The van der Waals surface area contributed by atoms with Crippen molar-refractivity contribution in [1.29, 1.82) is 0 Å². The summed E-state index contributed by atoms with van der Waals surface area (Å²) in [5.74, 6) is 1.02. The molecule has 0 radical (unpaired) electrons. The molecule has 19 heavy (non-hydrogen) atoms. The summed E-state index contributed by atoms with van der Waals surface area (Å²) >= 11 is 0. The number of nitrogens with zero attached hydrogens (tertiary/aromatic N) is 3. The summed E-state index contributed by atoms with van der Waals surface area (Å²) in [5.41, 5.74) is 0. The van der Waals surface area contributed by atoms with Crippen molar-refractivity contribution in [2.24, 2.45) is 0 Å². The molecule has 0 aromatic carbocycles. The quantitative estimate of drug-likeness (QED) is 0.863. The van der Waals surface area contributed by atoms with Crippen molar-refractivity contribution in [3.63, 3.8) is 0 Å². The van der Waals surface area contributed by atoms with Gasteiger partial charge in [-0.2, -0.15) is 13.2 Å². The summed E-state index contributed by atoms with van der Waals surface area (Å²) in [6, 6.07) is 1.48. The number of nitrogens with one attached hydrogen (secondary N) is 1. The summed E-state index contributed by atoms with van der Waals surface area (Å²) in [4.78, 5) is 9.21. The maximum Gasteiger partial charge on any atom is 0.405 e. The van der Waals surface area contributed by atoms with Crippen molar-refractivity contribution in [2.45, 2.75) is 19.7 Å². The molecule has 1 aromatic heterocycles. The van der Waals surface area contributed by atoms with Crippen LogP contribution in [-0.4, -0.2) is 43.4 Å². The maximum absolute atomic E-state index is 12.4. The minimum atomic E-state index is -4.28. The first-order chi connectivity index (χ1) is 8.85. The third kappa shape index (κ3) is 5.29. The summed E-state index contributed by atoms with van der Waals surface area (Å²) in [5, 5.41) is 2.95. The number of alkyl halides is 3. The van der Waals surface area contributed by atoms with E-state index in [4.69, 9.17) is 4.74 Å². The van der Waals surface area contributed by atoms with Crippen LogP contribution in [0.25, 0.3) is 0 Å². The van der Waals surface area contributed by atoms with Crippen LogP contribution in [-0.2, 0) is 11.3 Å². The van der Waals surface area contributed by atoms with Gasteiger partial charge in [-0.3, -0.25) is 0 Å². The highest BCUT2D eigenvalue weighted by molar-refractivity contribution is 5.49. The molecule has 0 spiro atoms. The summed E-state index contributed by atoms with van der Waals surface area (Å²) in [6.45, 7) is 1.57. The fourth-order valence-corrected chi connectivity index (χ4v) is 1.49. The lowest BCUT2D eigenvalue weighted by molar-refractivity contribution is -0.119. The lowest BCUT2D eigenvalue weighted by atomic mass is 10.4. The van der Waals surface area contributed by atoms with E-state index in [-0.39, 0.29) is 12.4 Å². The van der Waals surface area contributed by atoms with E-state index in [2.05, 4.69) is 15.3 Å². The molecule has 1 rings (SSSR count). The van der Waals surface area contributed by atoms with E-state index in [1.165, 1.54) is 20.2 Å². The van der Waals surface area contributed by atoms with E-state index in [1.807, 2.05) is 6.92 Å². The van der Waals surface area contributed by atoms with Gasteiger partial charge in [-0.05, 0) is 6.92 Å². The molecule has 0 saturated heterocycles. The number of hydrogen-bond donors (Lipinski definition) is 1. The van der Waals surface area contributed by atoms with Gasteiger partial charge in [0.25, 0.3) is 0 Å². The SMILES string of the molecule is CCNc1cc(N(C)CC(F)(F)F)nc(COC)n1. The molecule has 1 N–H and O–H groups in total. The van der Waals surface area contributed by atoms with Crippen LogP contribution in [0.15, 0.2) is 6.07 Å². The predicted molar refractivity (Wildman–Crippen MR) is 66.2 cm³/mol. The highest BCUT2D eigenvalue weighted by Crippen LogP contribution is 2.21. The second kappa shape index (κ2) is 6.55. The lowest BCUT2D eigenvalue weighted by Crippen LogP contribution is -2.31.